The Labute approximate surface area is 89.9 Å². The highest BCUT2D eigenvalue weighted by Crippen LogP contribution is 2.27. The number of rotatable bonds is 2. The first-order valence-electron chi connectivity index (χ1n) is 4.61. The van der Waals surface area contributed by atoms with E-state index in [1.54, 1.807) is 13.0 Å². The molecule has 0 bridgehead atoms. The fourth-order valence-corrected chi connectivity index (χ4v) is 2.24. The number of aryl methyl sites for hydroxylation is 1. The second-order valence-electron chi connectivity index (χ2n) is 3.88. The molecule has 1 aromatic rings. The van der Waals surface area contributed by atoms with Gasteiger partial charge in [-0.25, -0.2) is 0 Å². The molecule has 0 aliphatic carbocycles. The zero-order valence-electron chi connectivity index (χ0n) is 8.98. The summed E-state index contributed by atoms with van der Waals surface area (Å²) in [4.78, 5) is -0.218. The van der Waals surface area contributed by atoms with Crippen LogP contribution >= 0.6 is 0 Å². The van der Waals surface area contributed by atoms with Crippen LogP contribution in [-0.2, 0) is 10.1 Å². The van der Waals surface area contributed by atoms with E-state index in [2.05, 4.69) is 0 Å². The van der Waals surface area contributed by atoms with Gasteiger partial charge in [-0.3, -0.25) is 4.55 Å². The van der Waals surface area contributed by atoms with Crippen LogP contribution in [0, 0.1) is 6.92 Å². The summed E-state index contributed by atoms with van der Waals surface area (Å²) in [5.41, 5.74) is 7.46. The Balaban J connectivity index is 3.46. The third-order valence-corrected chi connectivity index (χ3v) is 3.21. The Bertz CT molecular complexity index is 478. The van der Waals surface area contributed by atoms with Gasteiger partial charge in [0.2, 0.25) is 0 Å². The van der Waals surface area contributed by atoms with Crippen LogP contribution in [0.1, 0.15) is 30.9 Å². The molecule has 0 spiro atoms. The maximum absolute atomic E-state index is 11.0. The SMILES string of the molecule is Cc1cc(S(=O)(=O)O)c(N)cc1C(C)C. The molecule has 0 aliphatic rings. The Morgan fingerprint density at radius 3 is 2.27 bits per heavy atom. The number of hydrogen-bond donors (Lipinski definition) is 2. The molecule has 1 rings (SSSR count). The van der Waals surface area contributed by atoms with E-state index < -0.39 is 10.1 Å². The lowest BCUT2D eigenvalue weighted by molar-refractivity contribution is 0.483. The average molecular weight is 229 g/mol. The maximum atomic E-state index is 11.0. The van der Waals surface area contributed by atoms with E-state index in [0.29, 0.717) is 0 Å². The highest BCUT2D eigenvalue weighted by Gasteiger charge is 2.16. The molecule has 0 heterocycles. The topological polar surface area (TPSA) is 80.4 Å². The normalized spacial score (nSPS) is 12.1. The van der Waals surface area contributed by atoms with Gasteiger partial charge in [0.05, 0.1) is 5.69 Å². The van der Waals surface area contributed by atoms with E-state index in [4.69, 9.17) is 10.3 Å². The predicted octanol–water partition coefficient (Wildman–Crippen LogP) is 1.95. The van der Waals surface area contributed by atoms with E-state index >= 15 is 0 Å². The van der Waals surface area contributed by atoms with Crippen molar-refractivity contribution in [3.05, 3.63) is 23.3 Å². The summed E-state index contributed by atoms with van der Waals surface area (Å²) in [5.74, 6) is 0.266. The first-order chi connectivity index (χ1) is 6.73. The molecule has 1 aromatic carbocycles. The predicted molar refractivity (Wildman–Crippen MR) is 59.5 cm³/mol. The van der Waals surface area contributed by atoms with Gasteiger partial charge in [-0.2, -0.15) is 8.42 Å². The van der Waals surface area contributed by atoms with Gasteiger partial charge in [0, 0.05) is 0 Å². The van der Waals surface area contributed by atoms with E-state index in [0.717, 1.165) is 11.1 Å². The van der Waals surface area contributed by atoms with E-state index in [9.17, 15) is 8.42 Å². The minimum atomic E-state index is -4.22. The summed E-state index contributed by atoms with van der Waals surface area (Å²) in [5, 5.41) is 0. The highest BCUT2D eigenvalue weighted by molar-refractivity contribution is 7.86. The zero-order valence-corrected chi connectivity index (χ0v) is 9.80. The lowest BCUT2D eigenvalue weighted by Crippen LogP contribution is -2.05. The van der Waals surface area contributed by atoms with E-state index in [-0.39, 0.29) is 16.5 Å². The Hall–Kier alpha value is -1.07. The molecule has 0 atom stereocenters. The summed E-state index contributed by atoms with van der Waals surface area (Å²) in [7, 11) is -4.22. The molecule has 0 unspecified atom stereocenters. The van der Waals surface area contributed by atoms with Crippen molar-refractivity contribution in [3.63, 3.8) is 0 Å². The van der Waals surface area contributed by atoms with Crippen LogP contribution in [0.3, 0.4) is 0 Å². The number of anilines is 1. The molecular formula is C10H15NO3S. The standard InChI is InChI=1S/C10H15NO3S/c1-6(2)8-5-9(11)10(4-7(8)3)15(12,13)14/h4-6H,11H2,1-3H3,(H,12,13,14). The Morgan fingerprint density at radius 1 is 1.33 bits per heavy atom. The van der Waals surface area contributed by atoms with Crippen LogP contribution in [-0.4, -0.2) is 13.0 Å². The van der Waals surface area contributed by atoms with Crippen LogP contribution in [0.4, 0.5) is 5.69 Å². The monoisotopic (exact) mass is 229 g/mol. The summed E-state index contributed by atoms with van der Waals surface area (Å²) in [6.45, 7) is 5.78. The largest absolute Gasteiger partial charge is 0.398 e. The van der Waals surface area contributed by atoms with Gasteiger partial charge in [0.25, 0.3) is 10.1 Å². The third-order valence-electron chi connectivity index (χ3n) is 2.30. The second-order valence-corrected chi connectivity index (χ2v) is 5.27. The molecule has 0 amide bonds. The van der Waals surface area contributed by atoms with Gasteiger partial charge in [-0.1, -0.05) is 13.8 Å². The van der Waals surface area contributed by atoms with E-state index in [1.807, 2.05) is 13.8 Å². The van der Waals surface area contributed by atoms with Gasteiger partial charge < -0.3 is 5.73 Å². The quantitative estimate of drug-likeness (QED) is 0.600. The van der Waals surface area contributed by atoms with Gasteiger partial charge in [-0.15, -0.1) is 0 Å². The molecule has 15 heavy (non-hydrogen) atoms. The second kappa shape index (κ2) is 3.83. The molecule has 3 N–H and O–H groups in total. The Morgan fingerprint density at radius 2 is 1.87 bits per heavy atom. The summed E-state index contributed by atoms with van der Waals surface area (Å²) in [6, 6.07) is 3.00. The summed E-state index contributed by atoms with van der Waals surface area (Å²) < 4.78 is 30.8. The molecule has 0 aliphatic heterocycles. The molecular weight excluding hydrogens is 214 g/mol. The van der Waals surface area contributed by atoms with Gasteiger partial charge in [0.1, 0.15) is 4.90 Å². The van der Waals surface area contributed by atoms with Crippen molar-refractivity contribution in [1.29, 1.82) is 0 Å². The van der Waals surface area contributed by atoms with Crippen LogP contribution < -0.4 is 5.73 Å². The average Bonchev–Trinajstić information content (AvgIpc) is 2.06. The van der Waals surface area contributed by atoms with Gasteiger partial charge in [0.15, 0.2) is 0 Å². The maximum Gasteiger partial charge on any atom is 0.296 e. The van der Waals surface area contributed by atoms with E-state index in [1.165, 1.54) is 6.07 Å². The lowest BCUT2D eigenvalue weighted by atomic mass is 9.97. The molecule has 0 aromatic heterocycles. The van der Waals surface area contributed by atoms with Crippen LogP contribution in [0.2, 0.25) is 0 Å². The number of nitrogens with two attached hydrogens (primary N) is 1. The number of nitrogen functional groups attached to an aromatic ring is 1. The first kappa shape index (κ1) is 12.0. The van der Waals surface area contributed by atoms with Crippen molar-refractivity contribution in [2.45, 2.75) is 31.6 Å². The molecule has 5 heteroatoms. The minimum Gasteiger partial charge on any atom is -0.398 e. The first-order valence-corrected chi connectivity index (χ1v) is 6.05. The number of benzene rings is 1. The van der Waals surface area contributed by atoms with Crippen LogP contribution in [0.15, 0.2) is 17.0 Å². The van der Waals surface area contributed by atoms with Crippen molar-refractivity contribution < 1.29 is 13.0 Å². The molecule has 4 nitrogen and oxygen atoms in total. The molecule has 0 radical (unpaired) electrons. The van der Waals surface area contributed by atoms with Gasteiger partial charge in [-0.05, 0) is 36.1 Å². The molecule has 84 valence electrons. The van der Waals surface area contributed by atoms with Crippen molar-refractivity contribution >= 4 is 15.8 Å². The fraction of sp³-hybridized carbons (Fsp3) is 0.400. The van der Waals surface area contributed by atoms with Crippen molar-refractivity contribution in [1.82, 2.24) is 0 Å². The van der Waals surface area contributed by atoms with Crippen LogP contribution in [0.5, 0.6) is 0 Å². The Kier molecular flexibility index (Phi) is 3.06. The third kappa shape index (κ3) is 2.49. The minimum absolute atomic E-state index is 0.0896. The molecule has 0 saturated heterocycles. The smallest absolute Gasteiger partial charge is 0.296 e. The van der Waals surface area contributed by atoms with Crippen molar-refractivity contribution in [2.24, 2.45) is 0 Å². The molecule has 0 fully saturated rings. The summed E-state index contributed by atoms with van der Waals surface area (Å²) >= 11 is 0. The zero-order chi connectivity index (χ0) is 11.8. The van der Waals surface area contributed by atoms with Gasteiger partial charge >= 0.3 is 0 Å². The highest BCUT2D eigenvalue weighted by atomic mass is 32.2. The van der Waals surface area contributed by atoms with Crippen molar-refractivity contribution in [2.75, 3.05) is 5.73 Å². The summed E-state index contributed by atoms with van der Waals surface area (Å²) in [6.07, 6.45) is 0. The van der Waals surface area contributed by atoms with Crippen LogP contribution in [0.25, 0.3) is 0 Å². The number of hydrogen-bond acceptors (Lipinski definition) is 3. The lowest BCUT2D eigenvalue weighted by Gasteiger charge is -2.12. The van der Waals surface area contributed by atoms with Crippen molar-refractivity contribution in [3.8, 4) is 0 Å². The fourth-order valence-electron chi connectivity index (χ4n) is 1.56. The molecule has 0 saturated carbocycles.